The smallest absolute Gasteiger partial charge is 0.320 e. The SMILES string of the molecule is CSCCC(NCc1cccc([N+](=O)[O-])c1)C(=O)O. The zero-order valence-electron chi connectivity index (χ0n) is 10.5. The van der Waals surface area contributed by atoms with E-state index in [1.165, 1.54) is 12.1 Å². The Morgan fingerprint density at radius 1 is 1.58 bits per heavy atom. The number of rotatable bonds is 8. The van der Waals surface area contributed by atoms with Crippen LogP contribution in [0.3, 0.4) is 0 Å². The van der Waals surface area contributed by atoms with Crippen LogP contribution in [0.2, 0.25) is 0 Å². The maximum Gasteiger partial charge on any atom is 0.320 e. The molecular weight excluding hydrogens is 268 g/mol. The highest BCUT2D eigenvalue weighted by molar-refractivity contribution is 7.98. The summed E-state index contributed by atoms with van der Waals surface area (Å²) in [6.07, 6.45) is 2.44. The van der Waals surface area contributed by atoms with Crippen LogP contribution in [0.25, 0.3) is 0 Å². The lowest BCUT2D eigenvalue weighted by Gasteiger charge is -2.13. The first kappa shape index (κ1) is 15.5. The van der Waals surface area contributed by atoms with Gasteiger partial charge < -0.3 is 10.4 Å². The van der Waals surface area contributed by atoms with Crippen molar-refractivity contribution in [2.24, 2.45) is 0 Å². The summed E-state index contributed by atoms with van der Waals surface area (Å²) >= 11 is 1.58. The van der Waals surface area contributed by atoms with Gasteiger partial charge in [0, 0.05) is 18.7 Å². The second-order valence-electron chi connectivity index (χ2n) is 3.98. The van der Waals surface area contributed by atoms with E-state index in [1.807, 2.05) is 6.26 Å². The van der Waals surface area contributed by atoms with Crippen LogP contribution in [0.4, 0.5) is 5.69 Å². The fourth-order valence-electron chi connectivity index (χ4n) is 1.57. The van der Waals surface area contributed by atoms with Crippen molar-refractivity contribution in [1.29, 1.82) is 0 Å². The number of thioether (sulfide) groups is 1. The molecule has 0 saturated carbocycles. The van der Waals surface area contributed by atoms with Crippen molar-refractivity contribution >= 4 is 23.4 Å². The number of hydrogen-bond acceptors (Lipinski definition) is 5. The summed E-state index contributed by atoms with van der Waals surface area (Å²) in [7, 11) is 0. The molecule has 1 aromatic carbocycles. The van der Waals surface area contributed by atoms with Gasteiger partial charge in [-0.2, -0.15) is 11.8 Å². The summed E-state index contributed by atoms with van der Waals surface area (Å²) in [4.78, 5) is 21.2. The number of nitro groups is 1. The number of carbonyl (C=O) groups is 1. The minimum Gasteiger partial charge on any atom is -0.480 e. The fraction of sp³-hybridized carbons (Fsp3) is 0.417. The molecule has 0 bridgehead atoms. The number of hydrogen-bond donors (Lipinski definition) is 2. The molecule has 2 N–H and O–H groups in total. The molecule has 7 heteroatoms. The zero-order valence-corrected chi connectivity index (χ0v) is 11.4. The van der Waals surface area contributed by atoms with Gasteiger partial charge in [-0.3, -0.25) is 14.9 Å². The second kappa shape index (κ2) is 7.75. The van der Waals surface area contributed by atoms with Crippen molar-refractivity contribution in [2.75, 3.05) is 12.0 Å². The Balaban J connectivity index is 2.60. The van der Waals surface area contributed by atoms with Gasteiger partial charge >= 0.3 is 5.97 Å². The molecule has 1 atom stereocenters. The minimum absolute atomic E-state index is 0.00953. The Morgan fingerprint density at radius 3 is 2.89 bits per heavy atom. The van der Waals surface area contributed by atoms with Gasteiger partial charge in [-0.25, -0.2) is 0 Å². The van der Waals surface area contributed by atoms with E-state index in [1.54, 1.807) is 23.9 Å². The fourth-order valence-corrected chi connectivity index (χ4v) is 2.04. The molecule has 0 amide bonds. The second-order valence-corrected chi connectivity index (χ2v) is 4.97. The third kappa shape index (κ3) is 5.27. The van der Waals surface area contributed by atoms with E-state index in [0.717, 1.165) is 5.75 Å². The van der Waals surface area contributed by atoms with Gasteiger partial charge in [0.2, 0.25) is 0 Å². The van der Waals surface area contributed by atoms with Crippen LogP contribution in [0.5, 0.6) is 0 Å². The largest absolute Gasteiger partial charge is 0.480 e. The van der Waals surface area contributed by atoms with E-state index in [2.05, 4.69) is 5.32 Å². The lowest BCUT2D eigenvalue weighted by atomic mass is 10.1. The van der Waals surface area contributed by atoms with E-state index >= 15 is 0 Å². The molecule has 6 nitrogen and oxygen atoms in total. The van der Waals surface area contributed by atoms with Crippen LogP contribution in [0, 0.1) is 10.1 Å². The molecule has 0 radical (unpaired) electrons. The molecule has 1 rings (SSSR count). The third-order valence-electron chi connectivity index (χ3n) is 2.58. The Labute approximate surface area is 115 Å². The van der Waals surface area contributed by atoms with E-state index in [4.69, 9.17) is 5.11 Å². The Bertz CT molecular complexity index is 453. The van der Waals surface area contributed by atoms with Crippen molar-refractivity contribution in [3.63, 3.8) is 0 Å². The summed E-state index contributed by atoms with van der Waals surface area (Å²) in [5, 5.41) is 22.6. The first-order chi connectivity index (χ1) is 9.04. The van der Waals surface area contributed by atoms with Crippen molar-refractivity contribution in [2.45, 2.75) is 19.0 Å². The van der Waals surface area contributed by atoms with Crippen LogP contribution in [-0.4, -0.2) is 34.0 Å². The Morgan fingerprint density at radius 2 is 2.32 bits per heavy atom. The molecule has 0 saturated heterocycles. The lowest BCUT2D eigenvalue weighted by molar-refractivity contribution is -0.384. The topological polar surface area (TPSA) is 92.5 Å². The van der Waals surface area contributed by atoms with Crippen molar-refractivity contribution < 1.29 is 14.8 Å². The molecule has 0 aliphatic rings. The van der Waals surface area contributed by atoms with E-state index in [0.29, 0.717) is 18.5 Å². The first-order valence-corrected chi connectivity index (χ1v) is 7.12. The average Bonchev–Trinajstić information content (AvgIpc) is 2.38. The number of nitro benzene ring substituents is 1. The summed E-state index contributed by atoms with van der Waals surface area (Å²) in [6, 6.07) is 5.54. The number of benzene rings is 1. The molecule has 1 aromatic rings. The van der Waals surface area contributed by atoms with Crippen molar-refractivity contribution in [1.82, 2.24) is 5.32 Å². The monoisotopic (exact) mass is 284 g/mol. The number of aliphatic carboxylic acids is 1. The number of nitrogens with one attached hydrogen (secondary N) is 1. The molecule has 0 aliphatic heterocycles. The highest BCUT2D eigenvalue weighted by Crippen LogP contribution is 2.13. The normalized spacial score (nSPS) is 12.1. The molecule has 1 unspecified atom stereocenters. The molecule has 0 aliphatic carbocycles. The van der Waals surface area contributed by atoms with E-state index in [-0.39, 0.29) is 5.69 Å². The minimum atomic E-state index is -0.903. The van der Waals surface area contributed by atoms with Crippen LogP contribution < -0.4 is 5.32 Å². The molecule has 0 heterocycles. The lowest BCUT2D eigenvalue weighted by Crippen LogP contribution is -2.36. The van der Waals surface area contributed by atoms with Crippen molar-refractivity contribution in [3.8, 4) is 0 Å². The summed E-state index contributed by atoms with van der Waals surface area (Å²) in [5.41, 5.74) is 0.708. The van der Waals surface area contributed by atoms with Crippen LogP contribution in [0.15, 0.2) is 24.3 Å². The van der Waals surface area contributed by atoms with Gasteiger partial charge in [0.15, 0.2) is 0 Å². The number of non-ortho nitro benzene ring substituents is 1. The van der Waals surface area contributed by atoms with Crippen LogP contribution >= 0.6 is 11.8 Å². The van der Waals surface area contributed by atoms with Gasteiger partial charge in [-0.05, 0) is 24.0 Å². The number of carboxylic acid groups (broad SMARTS) is 1. The summed E-state index contributed by atoms with van der Waals surface area (Å²) in [5.74, 6) is -0.154. The Hall–Kier alpha value is -1.60. The quantitative estimate of drug-likeness (QED) is 0.559. The molecule has 104 valence electrons. The predicted molar refractivity (Wildman–Crippen MR) is 74.4 cm³/mol. The van der Waals surface area contributed by atoms with E-state index < -0.39 is 16.9 Å². The van der Waals surface area contributed by atoms with Gasteiger partial charge in [-0.1, -0.05) is 12.1 Å². The van der Waals surface area contributed by atoms with Crippen molar-refractivity contribution in [3.05, 3.63) is 39.9 Å². The van der Waals surface area contributed by atoms with Crippen LogP contribution in [-0.2, 0) is 11.3 Å². The van der Waals surface area contributed by atoms with E-state index in [9.17, 15) is 14.9 Å². The van der Waals surface area contributed by atoms with Gasteiger partial charge in [0.25, 0.3) is 5.69 Å². The Kier molecular flexibility index (Phi) is 6.31. The zero-order chi connectivity index (χ0) is 14.3. The summed E-state index contributed by atoms with van der Waals surface area (Å²) < 4.78 is 0. The van der Waals surface area contributed by atoms with Gasteiger partial charge in [0.05, 0.1) is 4.92 Å². The highest BCUT2D eigenvalue weighted by atomic mass is 32.2. The molecule has 0 aromatic heterocycles. The summed E-state index contributed by atoms with van der Waals surface area (Å²) in [6.45, 7) is 0.299. The predicted octanol–water partition coefficient (Wildman–Crippen LogP) is 1.89. The number of carboxylic acids is 1. The maximum atomic E-state index is 11.0. The molecule has 19 heavy (non-hydrogen) atoms. The van der Waals surface area contributed by atoms with Gasteiger partial charge in [0.1, 0.15) is 6.04 Å². The first-order valence-electron chi connectivity index (χ1n) is 5.73. The highest BCUT2D eigenvalue weighted by Gasteiger charge is 2.16. The molecule has 0 spiro atoms. The van der Waals surface area contributed by atoms with Crippen LogP contribution in [0.1, 0.15) is 12.0 Å². The maximum absolute atomic E-state index is 11.0. The van der Waals surface area contributed by atoms with Gasteiger partial charge in [-0.15, -0.1) is 0 Å². The molecular formula is C12H16N2O4S. The number of nitrogens with zero attached hydrogens (tertiary/aromatic N) is 1. The standard InChI is InChI=1S/C12H16N2O4S/c1-19-6-5-11(12(15)16)13-8-9-3-2-4-10(7-9)14(17)18/h2-4,7,11,13H,5-6,8H2,1H3,(H,15,16). The average molecular weight is 284 g/mol. The third-order valence-corrected chi connectivity index (χ3v) is 3.23. The molecule has 0 fully saturated rings.